The fourth-order valence-electron chi connectivity index (χ4n) is 1.38. The lowest BCUT2D eigenvalue weighted by Gasteiger charge is -2.18. The van der Waals surface area contributed by atoms with E-state index in [2.05, 4.69) is 17.6 Å². The Hall–Kier alpha value is -1.03. The van der Waals surface area contributed by atoms with Crippen LogP contribution in [0.5, 0.6) is 0 Å². The van der Waals surface area contributed by atoms with E-state index in [9.17, 15) is 4.79 Å². The highest BCUT2D eigenvalue weighted by Gasteiger charge is 2.24. The fourth-order valence-corrected chi connectivity index (χ4v) is 1.59. The Bertz CT molecular complexity index is 302. The average Bonchev–Trinajstić information content (AvgIpc) is 2.19. The second-order valence-corrected chi connectivity index (χ2v) is 3.66. The van der Waals surface area contributed by atoms with Crippen molar-refractivity contribution in [1.29, 1.82) is 0 Å². The molecule has 1 aromatic rings. The zero-order valence-electron chi connectivity index (χ0n) is 8.05. The van der Waals surface area contributed by atoms with E-state index in [-0.39, 0.29) is 17.7 Å². The van der Waals surface area contributed by atoms with Crippen LogP contribution in [0.25, 0.3) is 0 Å². The Morgan fingerprint density at radius 3 is 2.79 bits per heavy atom. The van der Waals surface area contributed by atoms with Gasteiger partial charge in [0.1, 0.15) is 0 Å². The van der Waals surface area contributed by atoms with Gasteiger partial charge in [-0.3, -0.25) is 9.78 Å². The summed E-state index contributed by atoms with van der Waals surface area (Å²) in [5.74, 6) is 0.0363. The molecule has 0 aliphatic carbocycles. The number of thiol groups is 1. The third kappa shape index (κ3) is 2.48. The van der Waals surface area contributed by atoms with Gasteiger partial charge in [-0.2, -0.15) is 12.6 Å². The summed E-state index contributed by atoms with van der Waals surface area (Å²) in [4.78, 5) is 15.4. The molecule has 0 aliphatic heterocycles. The molecule has 0 bridgehead atoms. The maximum atomic E-state index is 11.2. The number of carbonyl (C=O) groups is 1. The van der Waals surface area contributed by atoms with E-state index in [1.807, 2.05) is 25.1 Å². The van der Waals surface area contributed by atoms with E-state index in [0.717, 1.165) is 5.69 Å². The van der Waals surface area contributed by atoms with E-state index in [1.54, 1.807) is 6.20 Å². The largest absolute Gasteiger partial charge is 0.369 e. The Balaban J connectivity index is 2.95. The zero-order chi connectivity index (χ0) is 10.6. The second-order valence-electron chi connectivity index (χ2n) is 3.29. The number of amides is 1. The minimum absolute atomic E-state index is 0.103. The summed E-state index contributed by atoms with van der Waals surface area (Å²) in [6, 6.07) is 5.48. The average molecular weight is 210 g/mol. The molecular weight excluding hydrogens is 196 g/mol. The highest BCUT2D eigenvalue weighted by molar-refractivity contribution is 7.80. The topological polar surface area (TPSA) is 56.0 Å². The third-order valence-corrected chi connectivity index (χ3v) is 2.75. The first kappa shape index (κ1) is 11.0. The summed E-state index contributed by atoms with van der Waals surface area (Å²) < 4.78 is 0. The number of carbonyl (C=O) groups excluding carboxylic acids is 1. The number of nitrogens with zero attached hydrogens (tertiary/aromatic N) is 1. The van der Waals surface area contributed by atoms with Crippen LogP contribution in [0.2, 0.25) is 0 Å². The molecule has 2 unspecified atom stereocenters. The number of hydrogen-bond donors (Lipinski definition) is 2. The van der Waals surface area contributed by atoms with Crippen LogP contribution in [0.1, 0.15) is 18.5 Å². The van der Waals surface area contributed by atoms with Crippen molar-refractivity contribution in [3.8, 4) is 0 Å². The van der Waals surface area contributed by atoms with E-state index in [4.69, 9.17) is 5.73 Å². The van der Waals surface area contributed by atoms with Crippen molar-refractivity contribution >= 4 is 18.5 Å². The molecule has 1 amide bonds. The highest BCUT2D eigenvalue weighted by atomic mass is 32.1. The lowest BCUT2D eigenvalue weighted by molar-refractivity contribution is -0.120. The number of hydrogen-bond acceptors (Lipinski definition) is 3. The molecule has 0 saturated carbocycles. The van der Waals surface area contributed by atoms with E-state index < -0.39 is 0 Å². The summed E-state index contributed by atoms with van der Waals surface area (Å²) in [5.41, 5.74) is 6.06. The molecule has 0 fully saturated rings. The highest BCUT2D eigenvalue weighted by Crippen LogP contribution is 2.23. The van der Waals surface area contributed by atoms with Gasteiger partial charge in [0.05, 0.1) is 11.6 Å². The lowest BCUT2D eigenvalue weighted by atomic mass is 9.91. The van der Waals surface area contributed by atoms with Crippen LogP contribution in [0, 0.1) is 5.92 Å². The predicted octanol–water partition coefficient (Wildman–Crippen LogP) is 1.22. The van der Waals surface area contributed by atoms with Crippen LogP contribution in [-0.2, 0) is 4.79 Å². The number of pyridine rings is 1. The van der Waals surface area contributed by atoms with Gasteiger partial charge in [0.2, 0.25) is 5.91 Å². The van der Waals surface area contributed by atoms with Gasteiger partial charge < -0.3 is 5.73 Å². The number of rotatable bonds is 4. The number of primary amides is 1. The Morgan fingerprint density at radius 1 is 1.64 bits per heavy atom. The molecule has 0 spiro atoms. The van der Waals surface area contributed by atoms with Gasteiger partial charge in [-0.25, -0.2) is 0 Å². The molecule has 76 valence electrons. The van der Waals surface area contributed by atoms with Crippen LogP contribution in [0.15, 0.2) is 24.4 Å². The van der Waals surface area contributed by atoms with Crippen molar-refractivity contribution in [1.82, 2.24) is 4.98 Å². The summed E-state index contributed by atoms with van der Waals surface area (Å²) in [6.45, 7) is 1.94. The maximum absolute atomic E-state index is 11.2. The molecule has 2 N–H and O–H groups in total. The van der Waals surface area contributed by atoms with Gasteiger partial charge in [-0.1, -0.05) is 13.0 Å². The minimum atomic E-state index is -0.342. The SMILES string of the molecule is CC(CS)C(C(N)=O)c1ccccn1. The Labute approximate surface area is 89.1 Å². The van der Waals surface area contributed by atoms with Crippen molar-refractivity contribution in [2.75, 3.05) is 5.75 Å². The second kappa shape index (κ2) is 5.00. The standard InChI is InChI=1S/C10H14N2OS/c1-7(6-14)9(10(11)13)8-4-2-3-5-12-8/h2-5,7,9,14H,6H2,1H3,(H2,11,13). The van der Waals surface area contributed by atoms with E-state index in [1.165, 1.54) is 0 Å². The van der Waals surface area contributed by atoms with Crippen molar-refractivity contribution in [3.05, 3.63) is 30.1 Å². The van der Waals surface area contributed by atoms with Crippen LogP contribution in [0.3, 0.4) is 0 Å². The van der Waals surface area contributed by atoms with Gasteiger partial charge in [0.15, 0.2) is 0 Å². The van der Waals surface area contributed by atoms with Gasteiger partial charge in [-0.15, -0.1) is 0 Å². The Morgan fingerprint density at radius 2 is 2.36 bits per heavy atom. The molecule has 4 heteroatoms. The molecule has 1 heterocycles. The quantitative estimate of drug-likeness (QED) is 0.734. The van der Waals surface area contributed by atoms with Crippen LogP contribution >= 0.6 is 12.6 Å². The van der Waals surface area contributed by atoms with Crippen LogP contribution in [-0.4, -0.2) is 16.6 Å². The van der Waals surface area contributed by atoms with Gasteiger partial charge >= 0.3 is 0 Å². The molecule has 14 heavy (non-hydrogen) atoms. The summed E-state index contributed by atoms with van der Waals surface area (Å²) >= 11 is 4.16. The van der Waals surface area contributed by atoms with Crippen molar-refractivity contribution in [2.45, 2.75) is 12.8 Å². The molecule has 0 radical (unpaired) electrons. The van der Waals surface area contributed by atoms with Gasteiger partial charge in [0.25, 0.3) is 0 Å². The molecular formula is C10H14N2OS. The summed E-state index contributed by atoms with van der Waals surface area (Å²) in [6.07, 6.45) is 1.66. The minimum Gasteiger partial charge on any atom is -0.369 e. The van der Waals surface area contributed by atoms with Crippen LogP contribution in [0.4, 0.5) is 0 Å². The first-order chi connectivity index (χ1) is 6.66. The predicted molar refractivity (Wildman–Crippen MR) is 59.2 cm³/mol. The third-order valence-electron chi connectivity index (χ3n) is 2.17. The molecule has 1 aromatic heterocycles. The first-order valence-corrected chi connectivity index (χ1v) is 5.11. The monoisotopic (exact) mass is 210 g/mol. The smallest absolute Gasteiger partial charge is 0.226 e. The van der Waals surface area contributed by atoms with E-state index >= 15 is 0 Å². The molecule has 3 nitrogen and oxygen atoms in total. The lowest BCUT2D eigenvalue weighted by Crippen LogP contribution is -2.28. The van der Waals surface area contributed by atoms with Crippen LogP contribution < -0.4 is 5.73 Å². The van der Waals surface area contributed by atoms with E-state index in [0.29, 0.717) is 5.75 Å². The van der Waals surface area contributed by atoms with Crippen molar-refractivity contribution < 1.29 is 4.79 Å². The molecule has 0 aliphatic rings. The first-order valence-electron chi connectivity index (χ1n) is 4.48. The zero-order valence-corrected chi connectivity index (χ0v) is 8.95. The van der Waals surface area contributed by atoms with Crippen molar-refractivity contribution in [3.63, 3.8) is 0 Å². The summed E-state index contributed by atoms with van der Waals surface area (Å²) in [5, 5.41) is 0. The van der Waals surface area contributed by atoms with Crippen molar-refractivity contribution in [2.24, 2.45) is 11.7 Å². The fraction of sp³-hybridized carbons (Fsp3) is 0.400. The maximum Gasteiger partial charge on any atom is 0.226 e. The normalized spacial score (nSPS) is 14.7. The molecule has 0 saturated heterocycles. The number of aromatic nitrogens is 1. The molecule has 2 atom stereocenters. The molecule has 0 aromatic carbocycles. The Kier molecular flexibility index (Phi) is 3.95. The summed E-state index contributed by atoms with van der Waals surface area (Å²) in [7, 11) is 0. The van der Waals surface area contributed by atoms with Gasteiger partial charge in [-0.05, 0) is 23.8 Å². The van der Waals surface area contributed by atoms with Gasteiger partial charge in [0, 0.05) is 6.20 Å². The molecule has 1 rings (SSSR count). The number of nitrogens with two attached hydrogens (primary N) is 1.